The standard InChI is InChI=1S/C24H27N3O4/c1-24(2,3)31-23(29)27-11-7-10-19(27)21-13-18-20(30-21)12-16(14-25-18)15-26-22(28)17-8-5-4-6-9-17/h4-6,8-9,12-14,19H,7,10-11,15H2,1-3H3,(H,26,28). The molecule has 1 fully saturated rings. The molecule has 31 heavy (non-hydrogen) atoms. The summed E-state index contributed by atoms with van der Waals surface area (Å²) in [6.45, 7) is 6.57. The topological polar surface area (TPSA) is 84.7 Å². The minimum absolute atomic E-state index is 0.139. The van der Waals surface area contributed by atoms with E-state index in [-0.39, 0.29) is 18.0 Å². The summed E-state index contributed by atoms with van der Waals surface area (Å²) in [4.78, 5) is 31.0. The van der Waals surface area contributed by atoms with Crippen molar-refractivity contribution in [1.82, 2.24) is 15.2 Å². The first-order valence-corrected chi connectivity index (χ1v) is 10.5. The van der Waals surface area contributed by atoms with Gasteiger partial charge in [-0.05, 0) is 57.4 Å². The Morgan fingerprint density at radius 1 is 1.23 bits per heavy atom. The number of carbonyl (C=O) groups excluding carboxylic acids is 2. The van der Waals surface area contributed by atoms with Crippen molar-refractivity contribution < 1.29 is 18.7 Å². The van der Waals surface area contributed by atoms with Crippen molar-refractivity contribution in [2.24, 2.45) is 0 Å². The molecule has 1 aliphatic heterocycles. The smallest absolute Gasteiger partial charge is 0.410 e. The monoisotopic (exact) mass is 421 g/mol. The summed E-state index contributed by atoms with van der Waals surface area (Å²) in [6.07, 6.45) is 3.12. The van der Waals surface area contributed by atoms with E-state index in [4.69, 9.17) is 9.15 Å². The molecule has 1 aromatic carbocycles. The summed E-state index contributed by atoms with van der Waals surface area (Å²) in [7, 11) is 0. The zero-order valence-electron chi connectivity index (χ0n) is 18.1. The number of benzene rings is 1. The van der Waals surface area contributed by atoms with Gasteiger partial charge in [-0.3, -0.25) is 14.7 Å². The van der Waals surface area contributed by atoms with Gasteiger partial charge in [0.1, 0.15) is 16.9 Å². The van der Waals surface area contributed by atoms with Gasteiger partial charge in [0, 0.05) is 30.9 Å². The van der Waals surface area contributed by atoms with E-state index in [9.17, 15) is 9.59 Å². The molecule has 1 saturated heterocycles. The van der Waals surface area contributed by atoms with Crippen molar-refractivity contribution in [1.29, 1.82) is 0 Å². The minimum atomic E-state index is -0.543. The van der Waals surface area contributed by atoms with Crippen molar-refractivity contribution in [3.63, 3.8) is 0 Å². The lowest BCUT2D eigenvalue weighted by Gasteiger charge is -2.27. The van der Waals surface area contributed by atoms with Gasteiger partial charge in [-0.1, -0.05) is 18.2 Å². The number of amides is 2. The van der Waals surface area contributed by atoms with Crippen molar-refractivity contribution in [2.45, 2.75) is 51.8 Å². The van der Waals surface area contributed by atoms with Crippen LogP contribution >= 0.6 is 0 Å². The van der Waals surface area contributed by atoms with Crippen LogP contribution in [0.25, 0.3) is 11.1 Å². The molecular weight excluding hydrogens is 394 g/mol. The fraction of sp³-hybridized carbons (Fsp3) is 0.375. The van der Waals surface area contributed by atoms with E-state index in [0.717, 1.165) is 23.9 Å². The number of likely N-dealkylation sites (tertiary alicyclic amines) is 1. The molecule has 0 bridgehead atoms. The average molecular weight is 421 g/mol. The molecule has 0 saturated carbocycles. The zero-order chi connectivity index (χ0) is 22.0. The summed E-state index contributed by atoms with van der Waals surface area (Å²) < 4.78 is 11.6. The van der Waals surface area contributed by atoms with Crippen molar-refractivity contribution in [2.75, 3.05) is 6.54 Å². The van der Waals surface area contributed by atoms with Gasteiger partial charge >= 0.3 is 6.09 Å². The summed E-state index contributed by atoms with van der Waals surface area (Å²) in [6, 6.07) is 12.7. The van der Waals surface area contributed by atoms with Crippen LogP contribution in [0.5, 0.6) is 0 Å². The van der Waals surface area contributed by atoms with Crippen LogP contribution < -0.4 is 5.32 Å². The zero-order valence-corrected chi connectivity index (χ0v) is 18.1. The first kappa shape index (κ1) is 20.9. The van der Waals surface area contributed by atoms with Crippen molar-refractivity contribution in [3.8, 4) is 0 Å². The molecule has 3 aromatic rings. The summed E-state index contributed by atoms with van der Waals surface area (Å²) >= 11 is 0. The third-order valence-electron chi connectivity index (χ3n) is 5.14. The molecule has 0 aliphatic carbocycles. The van der Waals surface area contributed by atoms with Crippen LogP contribution in [0.3, 0.4) is 0 Å². The molecule has 1 unspecified atom stereocenters. The number of rotatable bonds is 4. The third kappa shape index (κ3) is 4.87. The number of hydrogen-bond acceptors (Lipinski definition) is 5. The van der Waals surface area contributed by atoms with E-state index in [2.05, 4.69) is 10.3 Å². The summed E-state index contributed by atoms with van der Waals surface area (Å²) in [5, 5.41) is 2.90. The lowest BCUT2D eigenvalue weighted by molar-refractivity contribution is 0.0209. The average Bonchev–Trinajstić information content (AvgIpc) is 3.37. The molecule has 7 heteroatoms. The predicted molar refractivity (Wildman–Crippen MR) is 117 cm³/mol. The van der Waals surface area contributed by atoms with E-state index in [1.807, 2.05) is 51.1 Å². The van der Waals surface area contributed by atoms with E-state index >= 15 is 0 Å². The molecule has 7 nitrogen and oxygen atoms in total. The quantitative estimate of drug-likeness (QED) is 0.652. The Labute approximate surface area is 181 Å². The van der Waals surface area contributed by atoms with Gasteiger partial charge in [-0.25, -0.2) is 4.79 Å². The fourth-order valence-corrected chi connectivity index (χ4v) is 3.71. The van der Waals surface area contributed by atoms with Crippen molar-refractivity contribution in [3.05, 3.63) is 65.5 Å². The van der Waals surface area contributed by atoms with Crippen LogP contribution in [0.4, 0.5) is 4.79 Å². The maximum absolute atomic E-state index is 12.6. The van der Waals surface area contributed by atoms with Crippen LogP contribution in [0.1, 0.15) is 61.3 Å². The number of nitrogens with zero attached hydrogens (tertiary/aromatic N) is 2. The molecule has 2 amide bonds. The largest absolute Gasteiger partial charge is 0.457 e. The highest BCUT2D eigenvalue weighted by Gasteiger charge is 2.35. The number of pyridine rings is 1. The summed E-state index contributed by atoms with van der Waals surface area (Å²) in [5.41, 5.74) is 2.27. The molecule has 0 radical (unpaired) electrons. The number of furan rings is 1. The molecular formula is C24H27N3O4. The van der Waals surface area contributed by atoms with E-state index in [1.54, 1.807) is 23.2 Å². The van der Waals surface area contributed by atoms with E-state index in [0.29, 0.717) is 30.0 Å². The van der Waals surface area contributed by atoms with Crippen LogP contribution in [-0.2, 0) is 11.3 Å². The first-order valence-electron chi connectivity index (χ1n) is 10.5. The van der Waals surface area contributed by atoms with Gasteiger partial charge in [0.15, 0.2) is 5.58 Å². The number of aromatic nitrogens is 1. The Kier molecular flexibility index (Phi) is 5.67. The van der Waals surface area contributed by atoms with E-state index in [1.165, 1.54) is 0 Å². The van der Waals surface area contributed by atoms with Crippen molar-refractivity contribution >= 4 is 23.1 Å². The Balaban J connectivity index is 1.47. The molecule has 3 heterocycles. The van der Waals surface area contributed by atoms with Gasteiger partial charge in [0.05, 0.1) is 6.04 Å². The second kappa shape index (κ2) is 8.41. The molecule has 162 valence electrons. The summed E-state index contributed by atoms with van der Waals surface area (Å²) in [5.74, 6) is 0.566. The van der Waals surface area contributed by atoms with Gasteiger partial charge in [-0.2, -0.15) is 0 Å². The maximum atomic E-state index is 12.6. The number of carbonyl (C=O) groups is 2. The van der Waals surface area contributed by atoms with Crippen LogP contribution in [0.15, 0.2) is 53.1 Å². The van der Waals surface area contributed by atoms with Crippen LogP contribution in [0, 0.1) is 0 Å². The van der Waals surface area contributed by atoms with Crippen LogP contribution in [0.2, 0.25) is 0 Å². The molecule has 1 atom stereocenters. The highest BCUT2D eigenvalue weighted by Crippen LogP contribution is 2.35. The number of fused-ring (bicyclic) bond motifs is 1. The molecule has 1 N–H and O–H groups in total. The maximum Gasteiger partial charge on any atom is 0.410 e. The predicted octanol–water partition coefficient (Wildman–Crippen LogP) is 4.83. The lowest BCUT2D eigenvalue weighted by atomic mass is 10.1. The second-order valence-corrected chi connectivity index (χ2v) is 8.76. The highest BCUT2D eigenvalue weighted by atomic mass is 16.6. The Hall–Kier alpha value is -3.35. The molecule has 0 spiro atoms. The normalized spacial score (nSPS) is 16.5. The first-order chi connectivity index (χ1) is 14.8. The third-order valence-corrected chi connectivity index (χ3v) is 5.14. The van der Waals surface area contributed by atoms with Gasteiger partial charge in [-0.15, -0.1) is 0 Å². The minimum Gasteiger partial charge on any atom is -0.457 e. The highest BCUT2D eigenvalue weighted by molar-refractivity contribution is 5.94. The molecule has 1 aliphatic rings. The number of hydrogen-bond donors (Lipinski definition) is 1. The SMILES string of the molecule is CC(C)(C)OC(=O)N1CCCC1c1cc2ncc(CNC(=O)c3ccccc3)cc2o1. The van der Waals surface area contributed by atoms with Gasteiger partial charge in [0.25, 0.3) is 5.91 Å². The van der Waals surface area contributed by atoms with Gasteiger partial charge in [0.2, 0.25) is 0 Å². The Bertz CT molecular complexity index is 1090. The Morgan fingerprint density at radius 3 is 2.74 bits per heavy atom. The number of ether oxygens (including phenoxy) is 1. The molecule has 4 rings (SSSR count). The molecule has 2 aromatic heterocycles. The fourth-order valence-electron chi connectivity index (χ4n) is 3.71. The second-order valence-electron chi connectivity index (χ2n) is 8.76. The van der Waals surface area contributed by atoms with E-state index < -0.39 is 5.60 Å². The lowest BCUT2D eigenvalue weighted by Crippen LogP contribution is -2.36. The number of nitrogens with one attached hydrogen (secondary N) is 1. The Morgan fingerprint density at radius 2 is 2.00 bits per heavy atom. The van der Waals surface area contributed by atoms with Gasteiger partial charge < -0.3 is 14.5 Å². The van der Waals surface area contributed by atoms with Crippen LogP contribution in [-0.4, -0.2) is 34.0 Å².